The number of aliphatic hydroxyl groups excluding tert-OH is 1. The van der Waals surface area contributed by atoms with Crippen LogP contribution in [0.3, 0.4) is 0 Å². The number of hydrogen-bond donors (Lipinski definition) is 3. The zero-order chi connectivity index (χ0) is 18.5. The van der Waals surface area contributed by atoms with Crippen LogP contribution in [0.1, 0.15) is 35.0 Å². The second-order valence-corrected chi connectivity index (χ2v) is 7.57. The molecule has 4 aromatic rings. The summed E-state index contributed by atoms with van der Waals surface area (Å²) in [5, 5.41) is 30.8. The van der Waals surface area contributed by atoms with Gasteiger partial charge in [0, 0.05) is 15.7 Å². The first-order chi connectivity index (χ1) is 13.1. The standard InChI is InChI=1S/C19H17BrN6O/c1-10-15-18(27)17(26-14-9-5-4-8-13(14)23-25-26)16(21-19(15)24-22-10)11-6-2-3-7-12(11)20/h2-9,16-18,27H,1H3,(H2,21,22,24)/t16-,17-,18-/m1/s1. The molecule has 2 aromatic heterocycles. The highest BCUT2D eigenvalue weighted by Gasteiger charge is 2.42. The highest BCUT2D eigenvalue weighted by Crippen LogP contribution is 2.48. The van der Waals surface area contributed by atoms with E-state index in [4.69, 9.17) is 0 Å². The second kappa shape index (κ2) is 6.17. The molecule has 7 nitrogen and oxygen atoms in total. The minimum Gasteiger partial charge on any atom is -0.386 e. The second-order valence-electron chi connectivity index (χ2n) is 6.71. The van der Waals surface area contributed by atoms with Gasteiger partial charge in [-0.1, -0.05) is 51.5 Å². The number of aromatic amines is 1. The molecule has 8 heteroatoms. The number of aryl methyl sites for hydroxylation is 1. The van der Waals surface area contributed by atoms with Crippen LogP contribution in [0.25, 0.3) is 11.0 Å². The van der Waals surface area contributed by atoms with Crippen molar-refractivity contribution in [2.45, 2.75) is 25.1 Å². The van der Waals surface area contributed by atoms with E-state index in [9.17, 15) is 5.11 Å². The Morgan fingerprint density at radius 2 is 1.89 bits per heavy atom. The number of hydrogen-bond acceptors (Lipinski definition) is 5. The summed E-state index contributed by atoms with van der Waals surface area (Å²) >= 11 is 3.64. The van der Waals surface area contributed by atoms with Crippen LogP contribution in [0.15, 0.2) is 53.0 Å². The maximum Gasteiger partial charge on any atom is 0.154 e. The van der Waals surface area contributed by atoms with E-state index in [1.165, 1.54) is 0 Å². The Morgan fingerprint density at radius 3 is 2.74 bits per heavy atom. The Hall–Kier alpha value is -2.71. The number of rotatable bonds is 2. The molecule has 0 spiro atoms. The van der Waals surface area contributed by atoms with Gasteiger partial charge in [-0.25, -0.2) is 4.68 Å². The number of fused-ring (bicyclic) bond motifs is 2. The minimum atomic E-state index is -0.790. The maximum absolute atomic E-state index is 11.3. The van der Waals surface area contributed by atoms with Gasteiger partial charge in [0.25, 0.3) is 0 Å². The van der Waals surface area contributed by atoms with E-state index in [-0.39, 0.29) is 12.1 Å². The molecule has 0 saturated carbocycles. The van der Waals surface area contributed by atoms with Gasteiger partial charge in [0.15, 0.2) is 5.82 Å². The molecule has 3 atom stereocenters. The predicted molar refractivity (Wildman–Crippen MR) is 105 cm³/mol. The van der Waals surface area contributed by atoms with Crippen LogP contribution in [0.2, 0.25) is 0 Å². The van der Waals surface area contributed by atoms with Gasteiger partial charge in [0.2, 0.25) is 0 Å². The molecule has 0 unspecified atom stereocenters. The van der Waals surface area contributed by atoms with Crippen molar-refractivity contribution in [3.63, 3.8) is 0 Å². The van der Waals surface area contributed by atoms with Gasteiger partial charge in [-0.05, 0) is 30.7 Å². The fourth-order valence-corrected chi connectivity index (χ4v) is 4.40. The lowest BCUT2D eigenvalue weighted by Crippen LogP contribution is -2.34. The number of halogens is 1. The average Bonchev–Trinajstić information content (AvgIpc) is 3.26. The highest BCUT2D eigenvalue weighted by molar-refractivity contribution is 9.10. The third kappa shape index (κ3) is 2.48. The number of aliphatic hydroxyl groups is 1. The van der Waals surface area contributed by atoms with Crippen molar-refractivity contribution in [2.24, 2.45) is 0 Å². The number of anilines is 1. The monoisotopic (exact) mass is 424 g/mol. The van der Waals surface area contributed by atoms with Crippen LogP contribution in [0, 0.1) is 6.92 Å². The summed E-state index contributed by atoms with van der Waals surface area (Å²) < 4.78 is 2.77. The molecule has 136 valence electrons. The van der Waals surface area contributed by atoms with E-state index in [0.717, 1.165) is 32.3 Å². The highest BCUT2D eigenvalue weighted by atomic mass is 79.9. The van der Waals surface area contributed by atoms with Gasteiger partial charge in [-0.15, -0.1) is 5.10 Å². The third-order valence-electron chi connectivity index (χ3n) is 5.15. The molecule has 3 heterocycles. The normalized spacial score (nSPS) is 21.8. The van der Waals surface area contributed by atoms with Gasteiger partial charge < -0.3 is 10.4 Å². The Balaban J connectivity index is 1.74. The van der Waals surface area contributed by atoms with Crippen molar-refractivity contribution < 1.29 is 5.11 Å². The Labute approximate surface area is 163 Å². The lowest BCUT2D eigenvalue weighted by atomic mass is 9.87. The summed E-state index contributed by atoms with van der Waals surface area (Å²) in [5.74, 6) is 0.668. The molecule has 0 saturated heterocycles. The smallest absolute Gasteiger partial charge is 0.154 e. The van der Waals surface area contributed by atoms with Crippen LogP contribution in [0.4, 0.5) is 5.82 Å². The van der Waals surface area contributed by atoms with Crippen molar-refractivity contribution in [3.8, 4) is 0 Å². The first-order valence-corrected chi connectivity index (χ1v) is 9.48. The molecule has 5 rings (SSSR count). The molecule has 1 aliphatic heterocycles. The summed E-state index contributed by atoms with van der Waals surface area (Å²) in [4.78, 5) is 0. The predicted octanol–water partition coefficient (Wildman–Crippen LogP) is 3.67. The van der Waals surface area contributed by atoms with Crippen molar-refractivity contribution in [2.75, 3.05) is 5.32 Å². The molecular weight excluding hydrogens is 408 g/mol. The van der Waals surface area contributed by atoms with E-state index in [1.54, 1.807) is 0 Å². The molecular formula is C19H17BrN6O. The molecule has 0 amide bonds. The van der Waals surface area contributed by atoms with Gasteiger partial charge in [-0.3, -0.25) is 5.10 Å². The topological polar surface area (TPSA) is 91.6 Å². The number of nitrogens with zero attached hydrogens (tertiary/aromatic N) is 4. The van der Waals surface area contributed by atoms with Crippen LogP contribution < -0.4 is 5.32 Å². The lowest BCUT2D eigenvalue weighted by molar-refractivity contribution is 0.0900. The lowest BCUT2D eigenvalue weighted by Gasteiger charge is -2.37. The average molecular weight is 425 g/mol. The molecule has 1 aliphatic rings. The number of benzene rings is 2. The van der Waals surface area contributed by atoms with Crippen molar-refractivity contribution in [1.82, 2.24) is 25.2 Å². The van der Waals surface area contributed by atoms with E-state index in [0.29, 0.717) is 5.82 Å². The maximum atomic E-state index is 11.3. The van der Waals surface area contributed by atoms with Crippen LogP contribution in [-0.4, -0.2) is 30.3 Å². The summed E-state index contributed by atoms with van der Waals surface area (Å²) in [6, 6.07) is 15.1. The summed E-state index contributed by atoms with van der Waals surface area (Å²) in [5.41, 5.74) is 4.30. The van der Waals surface area contributed by atoms with Crippen molar-refractivity contribution >= 4 is 32.8 Å². The van der Waals surface area contributed by atoms with Crippen LogP contribution in [-0.2, 0) is 0 Å². The molecule has 0 bridgehead atoms. The SMILES string of the molecule is Cc1[nH]nc2c1[C@@H](O)[C@H](n1nnc3ccccc31)[C@@H](c1ccccc1Br)N2. The molecule has 0 aliphatic carbocycles. The zero-order valence-electron chi connectivity index (χ0n) is 14.5. The Kier molecular flexibility index (Phi) is 3.76. The largest absolute Gasteiger partial charge is 0.386 e. The molecule has 0 fully saturated rings. The Morgan fingerprint density at radius 1 is 1.11 bits per heavy atom. The van der Waals surface area contributed by atoms with Crippen molar-refractivity contribution in [1.29, 1.82) is 0 Å². The number of para-hydroxylation sites is 1. The third-order valence-corrected chi connectivity index (χ3v) is 5.87. The van der Waals surface area contributed by atoms with E-state index < -0.39 is 6.10 Å². The van der Waals surface area contributed by atoms with E-state index in [1.807, 2.05) is 60.1 Å². The van der Waals surface area contributed by atoms with Gasteiger partial charge in [0.05, 0.1) is 11.6 Å². The number of H-pyrrole nitrogens is 1. The summed E-state index contributed by atoms with van der Waals surface area (Å²) in [6.45, 7) is 1.91. The number of aromatic nitrogens is 5. The molecule has 2 aromatic carbocycles. The zero-order valence-corrected chi connectivity index (χ0v) is 16.1. The van der Waals surface area contributed by atoms with Crippen LogP contribution in [0.5, 0.6) is 0 Å². The van der Waals surface area contributed by atoms with Crippen molar-refractivity contribution in [3.05, 3.63) is 69.8 Å². The van der Waals surface area contributed by atoms with E-state index in [2.05, 4.69) is 41.8 Å². The molecule has 3 N–H and O–H groups in total. The minimum absolute atomic E-state index is 0.240. The quantitative estimate of drug-likeness (QED) is 0.456. The van der Waals surface area contributed by atoms with Gasteiger partial charge in [-0.2, -0.15) is 5.10 Å². The van der Waals surface area contributed by atoms with Gasteiger partial charge >= 0.3 is 0 Å². The number of nitrogens with one attached hydrogen (secondary N) is 2. The fourth-order valence-electron chi connectivity index (χ4n) is 3.87. The van der Waals surface area contributed by atoms with Crippen LogP contribution >= 0.6 is 15.9 Å². The van der Waals surface area contributed by atoms with E-state index >= 15 is 0 Å². The first-order valence-electron chi connectivity index (χ1n) is 8.69. The Bertz CT molecular complexity index is 1140. The van der Waals surface area contributed by atoms with Gasteiger partial charge in [0.1, 0.15) is 17.7 Å². The molecule has 27 heavy (non-hydrogen) atoms. The summed E-state index contributed by atoms with van der Waals surface area (Å²) in [7, 11) is 0. The first kappa shape index (κ1) is 16.5. The molecule has 0 radical (unpaired) electrons. The fraction of sp³-hybridized carbons (Fsp3) is 0.211. The summed E-state index contributed by atoms with van der Waals surface area (Å²) in [6.07, 6.45) is -0.790.